The minimum absolute atomic E-state index is 0.0270. The Hall–Kier alpha value is -2.26. The highest BCUT2D eigenvalue weighted by Gasteiger charge is 2.07. The maximum atomic E-state index is 11.4. The molecule has 17 heavy (non-hydrogen) atoms. The van der Waals surface area contributed by atoms with Gasteiger partial charge in [-0.2, -0.15) is 0 Å². The first kappa shape index (κ1) is 12.8. The van der Waals surface area contributed by atoms with Crippen LogP contribution in [0.5, 0.6) is 0 Å². The fourth-order valence-electron chi connectivity index (χ4n) is 1.21. The predicted octanol–water partition coefficient (Wildman–Crippen LogP) is 2.64. The minimum atomic E-state index is -0.514. The zero-order chi connectivity index (χ0) is 12.5. The molecule has 5 nitrogen and oxygen atoms in total. The third kappa shape index (κ3) is 4.86. The highest BCUT2D eigenvalue weighted by Crippen LogP contribution is 2.02. The Morgan fingerprint density at radius 3 is 2.82 bits per heavy atom. The summed E-state index contributed by atoms with van der Waals surface area (Å²) in [5.74, 6) is -0.351. The molecule has 0 aliphatic carbocycles. The molecule has 1 aromatic carbocycles. The lowest BCUT2D eigenvalue weighted by molar-refractivity contribution is -0.143. The van der Waals surface area contributed by atoms with Crippen molar-refractivity contribution in [1.82, 2.24) is 0 Å². The van der Waals surface area contributed by atoms with E-state index in [0.29, 0.717) is 0 Å². The summed E-state index contributed by atoms with van der Waals surface area (Å²) >= 11 is 0. The van der Waals surface area contributed by atoms with Crippen molar-refractivity contribution in [2.45, 2.75) is 12.5 Å². The van der Waals surface area contributed by atoms with E-state index in [1.54, 1.807) is 0 Å². The number of carbonyl (C=O) groups is 1. The molecule has 0 fully saturated rings. The lowest BCUT2D eigenvalue weighted by atomic mass is 10.2. The number of benzene rings is 1. The van der Waals surface area contributed by atoms with E-state index in [2.05, 4.69) is 16.6 Å². The standard InChI is InChI=1S/C12H13N3O2/c1-2-11(14-15-13)9-17-12(16)8-10-6-4-3-5-7-10/h2-7,11H,1,8-9H2. The van der Waals surface area contributed by atoms with Crippen molar-refractivity contribution in [1.29, 1.82) is 0 Å². The molecule has 0 saturated carbocycles. The van der Waals surface area contributed by atoms with Crippen molar-refractivity contribution < 1.29 is 9.53 Å². The summed E-state index contributed by atoms with van der Waals surface area (Å²) in [7, 11) is 0. The average molecular weight is 231 g/mol. The molecule has 0 heterocycles. The molecule has 1 atom stereocenters. The molecule has 0 aliphatic heterocycles. The van der Waals surface area contributed by atoms with E-state index in [1.165, 1.54) is 6.08 Å². The molecule has 0 aliphatic rings. The summed E-state index contributed by atoms with van der Waals surface area (Å²) in [4.78, 5) is 14.1. The number of hydrogen-bond acceptors (Lipinski definition) is 3. The Bertz CT molecular complexity index is 425. The molecule has 0 radical (unpaired) electrons. The van der Waals surface area contributed by atoms with Gasteiger partial charge in [0.25, 0.3) is 0 Å². The quantitative estimate of drug-likeness (QED) is 0.248. The second-order valence-corrected chi connectivity index (χ2v) is 3.35. The monoisotopic (exact) mass is 231 g/mol. The van der Waals surface area contributed by atoms with Crippen LogP contribution in [0.25, 0.3) is 10.4 Å². The number of azide groups is 1. The van der Waals surface area contributed by atoms with E-state index < -0.39 is 6.04 Å². The van der Waals surface area contributed by atoms with Gasteiger partial charge in [-0.05, 0) is 11.1 Å². The summed E-state index contributed by atoms with van der Waals surface area (Å²) in [5.41, 5.74) is 9.12. The zero-order valence-corrected chi connectivity index (χ0v) is 9.32. The van der Waals surface area contributed by atoms with Crippen molar-refractivity contribution in [2.24, 2.45) is 5.11 Å². The Balaban J connectivity index is 2.40. The van der Waals surface area contributed by atoms with Crippen molar-refractivity contribution >= 4 is 5.97 Å². The van der Waals surface area contributed by atoms with Gasteiger partial charge in [0.05, 0.1) is 12.5 Å². The molecule has 1 rings (SSSR count). The topological polar surface area (TPSA) is 75.1 Å². The van der Waals surface area contributed by atoms with Crippen LogP contribution in [-0.4, -0.2) is 18.6 Å². The third-order valence-electron chi connectivity index (χ3n) is 2.08. The second-order valence-electron chi connectivity index (χ2n) is 3.35. The lowest BCUT2D eigenvalue weighted by Crippen LogP contribution is -2.16. The fourth-order valence-corrected chi connectivity index (χ4v) is 1.21. The molecule has 5 heteroatoms. The number of hydrogen-bond donors (Lipinski definition) is 0. The van der Waals surface area contributed by atoms with Crippen molar-refractivity contribution in [3.05, 3.63) is 59.0 Å². The van der Waals surface area contributed by atoms with Crippen LogP contribution in [0, 0.1) is 0 Å². The largest absolute Gasteiger partial charge is 0.465 e. The first-order chi connectivity index (χ1) is 8.26. The van der Waals surface area contributed by atoms with E-state index in [9.17, 15) is 4.79 Å². The van der Waals surface area contributed by atoms with Crippen LogP contribution in [0.3, 0.4) is 0 Å². The van der Waals surface area contributed by atoms with Crippen molar-refractivity contribution in [2.75, 3.05) is 6.61 Å². The molecule has 0 N–H and O–H groups in total. The molecular formula is C12H13N3O2. The Morgan fingerprint density at radius 2 is 2.24 bits per heavy atom. The van der Waals surface area contributed by atoms with Gasteiger partial charge in [0.15, 0.2) is 0 Å². The number of rotatable bonds is 6. The van der Waals surface area contributed by atoms with Crippen LogP contribution in [0.4, 0.5) is 0 Å². The van der Waals surface area contributed by atoms with Gasteiger partial charge in [0.1, 0.15) is 6.61 Å². The molecule has 1 aromatic rings. The average Bonchev–Trinajstić information content (AvgIpc) is 2.35. The van der Waals surface area contributed by atoms with Crippen LogP contribution in [-0.2, 0) is 16.0 Å². The summed E-state index contributed by atoms with van der Waals surface area (Å²) in [6, 6.07) is 8.77. The van der Waals surface area contributed by atoms with Crippen LogP contribution in [0.2, 0.25) is 0 Å². The van der Waals surface area contributed by atoms with Crippen LogP contribution in [0.15, 0.2) is 48.1 Å². The molecule has 0 spiro atoms. The summed E-state index contributed by atoms with van der Waals surface area (Å²) < 4.78 is 4.98. The highest BCUT2D eigenvalue weighted by atomic mass is 16.5. The Kier molecular flexibility index (Phi) is 5.34. The number of ether oxygens (including phenoxy) is 1. The molecule has 0 saturated heterocycles. The summed E-state index contributed by atoms with van der Waals surface area (Å²) in [6.45, 7) is 3.51. The highest BCUT2D eigenvalue weighted by molar-refractivity contribution is 5.72. The van der Waals surface area contributed by atoms with E-state index in [0.717, 1.165) is 5.56 Å². The Morgan fingerprint density at radius 1 is 1.53 bits per heavy atom. The SMILES string of the molecule is C=CC(COC(=O)Cc1ccccc1)N=[N+]=[N-]. The van der Waals surface area contributed by atoms with E-state index in [1.807, 2.05) is 30.3 Å². The van der Waals surface area contributed by atoms with Gasteiger partial charge in [0, 0.05) is 4.91 Å². The van der Waals surface area contributed by atoms with Gasteiger partial charge in [-0.3, -0.25) is 4.79 Å². The number of nitrogens with zero attached hydrogens (tertiary/aromatic N) is 3. The van der Waals surface area contributed by atoms with Crippen molar-refractivity contribution in [3.8, 4) is 0 Å². The van der Waals surface area contributed by atoms with Crippen LogP contribution >= 0.6 is 0 Å². The first-order valence-corrected chi connectivity index (χ1v) is 5.12. The van der Waals surface area contributed by atoms with Gasteiger partial charge in [0.2, 0.25) is 0 Å². The summed E-state index contributed by atoms with van der Waals surface area (Å²) in [6.07, 6.45) is 1.65. The molecule has 1 unspecified atom stereocenters. The van der Waals surface area contributed by atoms with Gasteiger partial charge >= 0.3 is 5.97 Å². The molecule has 0 aromatic heterocycles. The lowest BCUT2D eigenvalue weighted by Gasteiger charge is -2.07. The predicted molar refractivity (Wildman–Crippen MR) is 64.2 cm³/mol. The van der Waals surface area contributed by atoms with E-state index >= 15 is 0 Å². The van der Waals surface area contributed by atoms with Crippen molar-refractivity contribution in [3.63, 3.8) is 0 Å². The fraction of sp³-hybridized carbons (Fsp3) is 0.250. The van der Waals surface area contributed by atoms with E-state index in [4.69, 9.17) is 10.3 Å². The molecule has 88 valence electrons. The maximum Gasteiger partial charge on any atom is 0.310 e. The van der Waals surface area contributed by atoms with E-state index in [-0.39, 0.29) is 19.0 Å². The summed E-state index contributed by atoms with van der Waals surface area (Å²) in [5, 5.41) is 3.41. The maximum absolute atomic E-state index is 11.4. The molecule has 0 amide bonds. The molecule has 0 bridgehead atoms. The van der Waals surface area contributed by atoms with Gasteiger partial charge < -0.3 is 4.74 Å². The third-order valence-corrected chi connectivity index (χ3v) is 2.08. The smallest absolute Gasteiger partial charge is 0.310 e. The minimum Gasteiger partial charge on any atom is -0.465 e. The Labute approximate surface area is 99.3 Å². The first-order valence-electron chi connectivity index (χ1n) is 5.12. The molecular weight excluding hydrogens is 218 g/mol. The zero-order valence-electron chi connectivity index (χ0n) is 9.32. The van der Waals surface area contributed by atoms with Crippen LogP contribution in [0.1, 0.15) is 5.56 Å². The number of esters is 1. The van der Waals surface area contributed by atoms with Gasteiger partial charge in [-0.15, -0.1) is 6.58 Å². The second kappa shape index (κ2) is 7.09. The number of carbonyl (C=O) groups excluding carboxylic acids is 1. The van der Waals surface area contributed by atoms with Gasteiger partial charge in [-0.25, -0.2) is 0 Å². The normalized spacial score (nSPS) is 11.1. The van der Waals surface area contributed by atoms with Gasteiger partial charge in [-0.1, -0.05) is 41.5 Å². The van der Waals surface area contributed by atoms with Crippen LogP contribution < -0.4 is 0 Å².